The van der Waals surface area contributed by atoms with E-state index in [1.807, 2.05) is 48.5 Å². The van der Waals surface area contributed by atoms with Crippen molar-refractivity contribution in [2.24, 2.45) is 0 Å². The van der Waals surface area contributed by atoms with E-state index in [0.29, 0.717) is 20.7 Å². The fraction of sp³-hybridized carbons (Fsp3) is 0.200. The van der Waals surface area contributed by atoms with Crippen LogP contribution in [0.5, 0.6) is 0 Å². The first-order chi connectivity index (χ1) is 14.5. The lowest BCUT2D eigenvalue weighted by atomic mass is 9.97. The van der Waals surface area contributed by atoms with Gasteiger partial charge >= 0.3 is 0 Å². The van der Waals surface area contributed by atoms with Crippen LogP contribution in [0, 0.1) is 0 Å². The third kappa shape index (κ3) is 2.72. The van der Waals surface area contributed by atoms with Crippen molar-refractivity contribution in [2.75, 3.05) is 28.3 Å². The Morgan fingerprint density at radius 1 is 1.20 bits per heavy atom. The molecule has 2 aromatic carbocycles. The number of amides is 2. The highest BCUT2D eigenvalue weighted by atomic mass is 32.2. The molecule has 30 heavy (non-hydrogen) atoms. The van der Waals surface area contributed by atoms with Gasteiger partial charge in [-0.3, -0.25) is 14.5 Å². The molecule has 0 fully saturated rings. The predicted octanol–water partition coefficient (Wildman–Crippen LogP) is 2.61. The number of benzene rings is 2. The van der Waals surface area contributed by atoms with E-state index in [4.69, 9.17) is 10.5 Å². The Hall–Kier alpha value is -2.95. The number of aromatic nitrogens is 2. The topological polar surface area (TPSA) is 102 Å². The Morgan fingerprint density at radius 2 is 1.93 bits per heavy atom. The van der Waals surface area contributed by atoms with E-state index in [-0.39, 0.29) is 24.2 Å². The number of ether oxygens (including phenoxy) is 1. The van der Waals surface area contributed by atoms with Crippen molar-refractivity contribution in [2.45, 2.75) is 16.7 Å². The van der Waals surface area contributed by atoms with Crippen LogP contribution < -0.4 is 15.5 Å². The van der Waals surface area contributed by atoms with Gasteiger partial charge in [0.25, 0.3) is 11.6 Å². The second-order valence-corrected chi connectivity index (χ2v) is 9.10. The Kier molecular flexibility index (Phi) is 4.49. The molecule has 1 aromatic heterocycles. The van der Waals surface area contributed by atoms with Crippen LogP contribution in [-0.4, -0.2) is 34.8 Å². The highest BCUT2D eigenvalue weighted by Gasteiger charge is 2.59. The van der Waals surface area contributed by atoms with Gasteiger partial charge in [-0.05, 0) is 12.1 Å². The lowest BCUT2D eigenvalue weighted by Crippen LogP contribution is -2.59. The number of hydrogen-bond donors (Lipinski definition) is 1. The lowest BCUT2D eigenvalue weighted by molar-refractivity contribution is -0.152. The molecule has 1 atom stereocenters. The number of nitrogens with two attached hydrogens (primary N) is 1. The van der Waals surface area contributed by atoms with Crippen molar-refractivity contribution in [1.29, 1.82) is 0 Å². The smallest absolute Gasteiger partial charge is 0.285 e. The minimum atomic E-state index is -1.53. The van der Waals surface area contributed by atoms with E-state index >= 15 is 0 Å². The first kappa shape index (κ1) is 19.0. The summed E-state index contributed by atoms with van der Waals surface area (Å²) in [6, 6.07) is 14.9. The molecule has 2 aliphatic rings. The van der Waals surface area contributed by atoms with Crippen LogP contribution in [-0.2, 0) is 26.7 Å². The monoisotopic (exact) mass is 439 g/mol. The van der Waals surface area contributed by atoms with E-state index in [2.05, 4.69) is 10.2 Å². The summed E-state index contributed by atoms with van der Waals surface area (Å²) in [6.45, 7) is 0.230. The van der Waals surface area contributed by atoms with Crippen LogP contribution in [0.4, 0.5) is 16.5 Å². The van der Waals surface area contributed by atoms with Gasteiger partial charge in [0.1, 0.15) is 0 Å². The Morgan fingerprint density at radius 3 is 2.70 bits per heavy atom. The van der Waals surface area contributed by atoms with E-state index in [1.54, 1.807) is 11.9 Å². The molecule has 0 unspecified atom stereocenters. The number of fused-ring (bicyclic) bond motifs is 3. The summed E-state index contributed by atoms with van der Waals surface area (Å²) in [6.07, 6.45) is 0. The summed E-state index contributed by atoms with van der Waals surface area (Å²) >= 11 is 2.45. The minimum Gasteiger partial charge on any atom is -0.374 e. The molecule has 2 N–H and O–H groups in total. The van der Waals surface area contributed by atoms with Gasteiger partial charge in [0.05, 0.1) is 23.7 Å². The highest BCUT2D eigenvalue weighted by molar-refractivity contribution is 8.01. The molecule has 0 saturated carbocycles. The summed E-state index contributed by atoms with van der Waals surface area (Å²) in [5.74, 6) is -0.496. The molecule has 2 amide bonds. The second-order valence-electron chi connectivity index (χ2n) is 6.87. The van der Waals surface area contributed by atoms with Crippen molar-refractivity contribution in [3.8, 4) is 0 Å². The van der Waals surface area contributed by atoms with Crippen LogP contribution >= 0.6 is 23.1 Å². The number of para-hydroxylation sites is 2. The molecule has 2 aliphatic heterocycles. The van der Waals surface area contributed by atoms with Crippen molar-refractivity contribution < 1.29 is 14.3 Å². The maximum Gasteiger partial charge on any atom is 0.285 e. The fourth-order valence-electron chi connectivity index (χ4n) is 3.90. The van der Waals surface area contributed by atoms with Crippen molar-refractivity contribution in [1.82, 2.24) is 10.2 Å². The van der Waals surface area contributed by atoms with Crippen LogP contribution in [0.15, 0.2) is 52.9 Å². The largest absolute Gasteiger partial charge is 0.374 e. The molecule has 3 heterocycles. The van der Waals surface area contributed by atoms with Gasteiger partial charge in [-0.15, -0.1) is 10.2 Å². The average molecular weight is 440 g/mol. The summed E-state index contributed by atoms with van der Waals surface area (Å²) in [4.78, 5) is 30.1. The average Bonchev–Trinajstić information content (AvgIpc) is 3.28. The Bertz CT molecular complexity index is 1170. The normalized spacial score (nSPS) is 19.8. The number of likely N-dealkylation sites (N-methyl/N-ethyl adjacent to an activating group) is 1. The molecule has 0 radical (unpaired) electrons. The zero-order chi connectivity index (χ0) is 20.9. The summed E-state index contributed by atoms with van der Waals surface area (Å²) in [5, 5.41) is 8.08. The van der Waals surface area contributed by atoms with E-state index in [9.17, 15) is 9.59 Å². The molecule has 8 nitrogen and oxygen atoms in total. The number of rotatable bonds is 3. The number of carbonyl (C=O) groups is 2. The van der Waals surface area contributed by atoms with Gasteiger partial charge in [0.2, 0.25) is 11.0 Å². The second kappa shape index (κ2) is 7.08. The predicted molar refractivity (Wildman–Crippen MR) is 115 cm³/mol. The maximum atomic E-state index is 13.5. The van der Waals surface area contributed by atoms with Gasteiger partial charge in [-0.2, -0.15) is 0 Å². The zero-order valence-corrected chi connectivity index (χ0v) is 17.6. The van der Waals surface area contributed by atoms with Crippen LogP contribution in [0.2, 0.25) is 0 Å². The molecule has 10 heteroatoms. The summed E-state index contributed by atoms with van der Waals surface area (Å²) in [7, 11) is 1.70. The van der Waals surface area contributed by atoms with E-state index in [1.165, 1.54) is 28.0 Å². The SMILES string of the molecule is CN1C(=O)[C@@]2(OCc3ccccc3N2C(=O)CSc2nnc(N)s2)c2ccccc21. The highest BCUT2D eigenvalue weighted by Crippen LogP contribution is 2.50. The maximum absolute atomic E-state index is 13.5. The molecular weight excluding hydrogens is 422 g/mol. The number of nitrogens with zero attached hydrogens (tertiary/aromatic N) is 4. The lowest BCUT2D eigenvalue weighted by Gasteiger charge is -2.43. The molecule has 0 aliphatic carbocycles. The first-order valence-corrected chi connectivity index (χ1v) is 11.0. The Labute approximate surface area is 180 Å². The third-order valence-electron chi connectivity index (χ3n) is 5.20. The number of anilines is 3. The zero-order valence-electron chi connectivity index (χ0n) is 15.9. The standard InChI is InChI=1S/C20H17N5O3S2/c1-24-15-9-5-3-7-13(15)20(17(24)27)25(14-8-4-2-6-12(14)10-28-20)16(26)11-29-19-23-22-18(21)30-19/h2-9H,10-11H2,1H3,(H2,21,22)/t20-/m0/s1. The van der Waals surface area contributed by atoms with E-state index in [0.717, 1.165) is 11.3 Å². The molecule has 0 bridgehead atoms. The molecule has 3 aromatic rings. The first-order valence-electron chi connectivity index (χ1n) is 9.17. The number of thioether (sulfide) groups is 1. The number of carbonyl (C=O) groups excluding carboxylic acids is 2. The van der Waals surface area contributed by atoms with Crippen molar-refractivity contribution >= 4 is 51.4 Å². The van der Waals surface area contributed by atoms with Crippen LogP contribution in [0.1, 0.15) is 11.1 Å². The minimum absolute atomic E-state index is 0.0627. The molecular formula is C20H17N5O3S2. The third-order valence-corrected chi connectivity index (χ3v) is 7.07. The summed E-state index contributed by atoms with van der Waals surface area (Å²) < 4.78 is 6.81. The van der Waals surface area contributed by atoms with Gasteiger partial charge in [-0.25, -0.2) is 0 Å². The van der Waals surface area contributed by atoms with Gasteiger partial charge in [-0.1, -0.05) is 59.5 Å². The quantitative estimate of drug-likeness (QED) is 0.626. The van der Waals surface area contributed by atoms with Gasteiger partial charge < -0.3 is 15.4 Å². The molecule has 0 saturated heterocycles. The molecule has 5 rings (SSSR count). The van der Waals surface area contributed by atoms with Crippen molar-refractivity contribution in [3.05, 3.63) is 59.7 Å². The van der Waals surface area contributed by atoms with Crippen LogP contribution in [0.25, 0.3) is 0 Å². The fourth-order valence-corrected chi connectivity index (χ4v) is 5.39. The summed E-state index contributed by atoms with van der Waals surface area (Å²) in [5.41, 5.74) is 7.01. The Balaban J connectivity index is 1.60. The van der Waals surface area contributed by atoms with E-state index < -0.39 is 5.72 Å². The van der Waals surface area contributed by atoms with Crippen molar-refractivity contribution in [3.63, 3.8) is 0 Å². The molecule has 1 spiro atoms. The van der Waals surface area contributed by atoms with Gasteiger partial charge in [0.15, 0.2) is 4.34 Å². The van der Waals surface area contributed by atoms with Gasteiger partial charge in [0, 0.05) is 18.2 Å². The van der Waals surface area contributed by atoms with Crippen LogP contribution in [0.3, 0.4) is 0 Å². The molecule has 152 valence electrons. The number of nitrogen functional groups attached to an aromatic ring is 1. The number of hydrogen-bond acceptors (Lipinski definition) is 8.